The van der Waals surface area contributed by atoms with Crippen LogP contribution in [0.4, 0.5) is 5.69 Å². The summed E-state index contributed by atoms with van der Waals surface area (Å²) in [6.45, 7) is 3.23. The number of hydrogen-bond acceptors (Lipinski definition) is 6. The zero-order valence-electron chi connectivity index (χ0n) is 14.7. The van der Waals surface area contributed by atoms with Gasteiger partial charge in [0.1, 0.15) is 11.4 Å². The normalized spacial score (nSPS) is 10.7. The van der Waals surface area contributed by atoms with Crippen LogP contribution in [0.15, 0.2) is 39.9 Å². The number of carbonyl (C=O) groups is 2. The van der Waals surface area contributed by atoms with Crippen molar-refractivity contribution in [3.8, 4) is 0 Å². The number of aromatic nitrogens is 2. The second-order valence-electron chi connectivity index (χ2n) is 5.74. The van der Waals surface area contributed by atoms with Crippen molar-refractivity contribution in [2.24, 2.45) is 0 Å². The predicted molar refractivity (Wildman–Crippen MR) is 102 cm³/mol. The van der Waals surface area contributed by atoms with Crippen LogP contribution < -0.4 is 16.6 Å². The van der Waals surface area contributed by atoms with Crippen molar-refractivity contribution in [2.75, 3.05) is 11.9 Å². The first kappa shape index (κ1) is 18.6. The van der Waals surface area contributed by atoms with Crippen LogP contribution in [0.2, 0.25) is 0 Å². The van der Waals surface area contributed by atoms with Gasteiger partial charge < -0.3 is 10.1 Å². The number of rotatable bonds is 5. The molecule has 1 aromatic carbocycles. The van der Waals surface area contributed by atoms with Crippen LogP contribution in [0, 0.1) is 6.92 Å². The van der Waals surface area contributed by atoms with E-state index in [1.807, 2.05) is 6.92 Å². The average molecular weight is 387 g/mol. The summed E-state index contributed by atoms with van der Waals surface area (Å²) in [7, 11) is 0. The average Bonchev–Trinajstić information content (AvgIpc) is 2.99. The van der Waals surface area contributed by atoms with E-state index in [-0.39, 0.29) is 17.9 Å². The number of carbonyl (C=O) groups excluding carboxylic acids is 2. The summed E-state index contributed by atoms with van der Waals surface area (Å²) >= 11 is 1.30. The molecule has 0 atom stereocenters. The van der Waals surface area contributed by atoms with Gasteiger partial charge in [-0.05, 0) is 32.0 Å². The van der Waals surface area contributed by atoms with Gasteiger partial charge in [-0.3, -0.25) is 19.1 Å². The fraction of sp³-hybridized carbons (Fsp3) is 0.222. The quantitative estimate of drug-likeness (QED) is 0.650. The third kappa shape index (κ3) is 3.82. The van der Waals surface area contributed by atoms with Gasteiger partial charge >= 0.3 is 11.7 Å². The SMILES string of the molecule is CCOC(=O)c1ccccc1NC(=O)Cn1c(=O)[nH]c2sc(C)cc2c1=O. The Hall–Kier alpha value is -3.20. The van der Waals surface area contributed by atoms with Crippen LogP contribution in [0.3, 0.4) is 0 Å². The minimum absolute atomic E-state index is 0.192. The summed E-state index contributed by atoms with van der Waals surface area (Å²) in [6, 6.07) is 8.03. The van der Waals surface area contributed by atoms with Crippen molar-refractivity contribution in [3.05, 3.63) is 61.6 Å². The van der Waals surface area contributed by atoms with Gasteiger partial charge in [0.05, 0.1) is 23.2 Å². The summed E-state index contributed by atoms with van der Waals surface area (Å²) in [6.07, 6.45) is 0. The van der Waals surface area contributed by atoms with E-state index >= 15 is 0 Å². The molecule has 140 valence electrons. The van der Waals surface area contributed by atoms with Gasteiger partial charge in [-0.1, -0.05) is 12.1 Å². The predicted octanol–water partition coefficient (Wildman–Crippen LogP) is 1.88. The van der Waals surface area contributed by atoms with Crippen LogP contribution >= 0.6 is 11.3 Å². The lowest BCUT2D eigenvalue weighted by Crippen LogP contribution is -2.38. The number of fused-ring (bicyclic) bond motifs is 1. The van der Waals surface area contributed by atoms with Crippen molar-refractivity contribution in [1.82, 2.24) is 9.55 Å². The van der Waals surface area contributed by atoms with Gasteiger partial charge in [0, 0.05) is 4.88 Å². The van der Waals surface area contributed by atoms with Crippen LogP contribution in [-0.4, -0.2) is 28.0 Å². The fourth-order valence-electron chi connectivity index (χ4n) is 2.62. The highest BCUT2D eigenvalue weighted by Gasteiger charge is 2.16. The van der Waals surface area contributed by atoms with Crippen molar-refractivity contribution in [3.63, 3.8) is 0 Å². The van der Waals surface area contributed by atoms with Crippen LogP contribution in [0.25, 0.3) is 10.2 Å². The van der Waals surface area contributed by atoms with Crippen LogP contribution in [-0.2, 0) is 16.1 Å². The molecule has 3 rings (SSSR count). The van der Waals surface area contributed by atoms with Crippen molar-refractivity contribution >= 4 is 39.1 Å². The maximum Gasteiger partial charge on any atom is 0.340 e. The lowest BCUT2D eigenvalue weighted by atomic mass is 10.2. The number of aromatic amines is 1. The van der Waals surface area contributed by atoms with Gasteiger partial charge in [-0.25, -0.2) is 9.59 Å². The van der Waals surface area contributed by atoms with E-state index in [0.717, 1.165) is 9.44 Å². The second-order valence-corrected chi connectivity index (χ2v) is 6.99. The van der Waals surface area contributed by atoms with Crippen molar-refractivity contribution < 1.29 is 14.3 Å². The molecule has 0 fully saturated rings. The van der Waals surface area contributed by atoms with Gasteiger partial charge in [-0.15, -0.1) is 11.3 Å². The van der Waals surface area contributed by atoms with Gasteiger partial charge in [-0.2, -0.15) is 0 Å². The summed E-state index contributed by atoms with van der Waals surface area (Å²) in [5.74, 6) is -1.18. The third-order valence-electron chi connectivity index (χ3n) is 3.79. The highest BCUT2D eigenvalue weighted by Crippen LogP contribution is 2.19. The van der Waals surface area contributed by atoms with Gasteiger partial charge in [0.2, 0.25) is 5.91 Å². The largest absolute Gasteiger partial charge is 0.462 e. The Labute approximate surface area is 157 Å². The summed E-state index contributed by atoms with van der Waals surface area (Å²) in [4.78, 5) is 53.0. The van der Waals surface area contributed by atoms with E-state index < -0.39 is 29.7 Å². The topological polar surface area (TPSA) is 110 Å². The maximum atomic E-state index is 12.5. The number of nitrogens with one attached hydrogen (secondary N) is 2. The molecule has 2 N–H and O–H groups in total. The van der Waals surface area contributed by atoms with Crippen molar-refractivity contribution in [2.45, 2.75) is 20.4 Å². The lowest BCUT2D eigenvalue weighted by Gasteiger charge is -2.11. The highest BCUT2D eigenvalue weighted by atomic mass is 32.1. The molecule has 9 heteroatoms. The third-order valence-corrected chi connectivity index (χ3v) is 4.76. The number of thiophene rings is 1. The maximum absolute atomic E-state index is 12.5. The Morgan fingerprint density at radius 3 is 2.74 bits per heavy atom. The molecule has 0 saturated carbocycles. The molecule has 0 unspecified atom stereocenters. The molecule has 0 bridgehead atoms. The number of hydrogen-bond donors (Lipinski definition) is 2. The number of H-pyrrole nitrogens is 1. The summed E-state index contributed by atoms with van der Waals surface area (Å²) < 4.78 is 5.79. The first-order valence-electron chi connectivity index (χ1n) is 8.20. The first-order chi connectivity index (χ1) is 12.9. The lowest BCUT2D eigenvalue weighted by molar-refractivity contribution is -0.116. The molecule has 0 spiro atoms. The number of aryl methyl sites for hydroxylation is 1. The Morgan fingerprint density at radius 2 is 2.00 bits per heavy atom. The Morgan fingerprint density at radius 1 is 1.26 bits per heavy atom. The van der Waals surface area contributed by atoms with Crippen LogP contribution in [0.5, 0.6) is 0 Å². The molecule has 0 aliphatic rings. The minimum atomic E-state index is -0.664. The monoisotopic (exact) mass is 387 g/mol. The zero-order chi connectivity index (χ0) is 19.6. The summed E-state index contributed by atoms with van der Waals surface area (Å²) in [5, 5.41) is 2.91. The van der Waals surface area contributed by atoms with E-state index in [2.05, 4.69) is 10.3 Å². The standard InChI is InChI=1S/C18H17N3O5S/c1-3-26-17(24)11-6-4-5-7-13(11)19-14(22)9-21-16(23)12-8-10(2)27-15(12)20-18(21)25/h4-8H,3,9H2,1-2H3,(H,19,22)(H,20,25). The number of benzene rings is 1. The number of esters is 1. The molecule has 0 saturated heterocycles. The van der Waals surface area contributed by atoms with Gasteiger partial charge in [0.15, 0.2) is 0 Å². The molecule has 1 amide bonds. The molecule has 27 heavy (non-hydrogen) atoms. The van der Waals surface area contributed by atoms with Crippen molar-refractivity contribution in [1.29, 1.82) is 0 Å². The van der Waals surface area contributed by atoms with E-state index in [1.165, 1.54) is 17.4 Å². The second kappa shape index (κ2) is 7.58. The molecule has 0 radical (unpaired) electrons. The number of para-hydroxylation sites is 1. The Balaban J connectivity index is 1.88. The van der Waals surface area contributed by atoms with E-state index in [4.69, 9.17) is 4.74 Å². The molecule has 8 nitrogen and oxygen atoms in total. The minimum Gasteiger partial charge on any atom is -0.462 e. The number of amides is 1. The zero-order valence-corrected chi connectivity index (χ0v) is 15.5. The number of anilines is 1. The molecule has 3 aromatic rings. The fourth-order valence-corrected chi connectivity index (χ4v) is 3.52. The van der Waals surface area contributed by atoms with Gasteiger partial charge in [0.25, 0.3) is 5.56 Å². The smallest absolute Gasteiger partial charge is 0.340 e. The Kier molecular flexibility index (Phi) is 5.22. The molecular formula is C18H17N3O5S. The van der Waals surface area contributed by atoms with Crippen LogP contribution in [0.1, 0.15) is 22.2 Å². The Bertz CT molecular complexity index is 1140. The number of nitrogens with zero attached hydrogens (tertiary/aromatic N) is 1. The molecule has 0 aliphatic carbocycles. The number of ether oxygens (including phenoxy) is 1. The van der Waals surface area contributed by atoms with E-state index in [1.54, 1.807) is 31.2 Å². The van der Waals surface area contributed by atoms with E-state index in [0.29, 0.717) is 10.2 Å². The summed E-state index contributed by atoms with van der Waals surface area (Å²) in [5.41, 5.74) is -0.758. The molecule has 2 heterocycles. The molecule has 0 aliphatic heterocycles. The molecule has 2 aromatic heterocycles. The van der Waals surface area contributed by atoms with E-state index in [9.17, 15) is 19.2 Å². The first-order valence-corrected chi connectivity index (χ1v) is 9.01. The molecular weight excluding hydrogens is 370 g/mol. The highest BCUT2D eigenvalue weighted by molar-refractivity contribution is 7.18.